The van der Waals surface area contributed by atoms with Crippen LogP contribution in [-0.4, -0.2) is 12.1 Å². The average molecular weight is 218 g/mol. The zero-order chi connectivity index (χ0) is 5.82. The Hall–Kier alpha value is -0.410. The van der Waals surface area contributed by atoms with Gasteiger partial charge in [-0.05, 0) is 28.7 Å². The minimum absolute atomic E-state index is 0.785. The van der Waals surface area contributed by atoms with Gasteiger partial charge in [0.15, 0.2) is 3.70 Å². The summed E-state index contributed by atoms with van der Waals surface area (Å²) in [6, 6.07) is 0. The molecule has 1 aliphatic rings. The van der Waals surface area contributed by atoms with Crippen LogP contribution in [0.15, 0.2) is 26.0 Å². The monoisotopic (exact) mass is 218 g/mol. The Labute approximate surface area is 60.9 Å². The minimum Gasteiger partial charge on any atom is -0.240 e. The summed E-state index contributed by atoms with van der Waals surface area (Å²) in [6.45, 7) is 0. The predicted octanol–water partition coefficient (Wildman–Crippen LogP) is 1.53. The van der Waals surface area contributed by atoms with Crippen molar-refractivity contribution in [1.29, 1.82) is 0 Å². The minimum atomic E-state index is 0.785. The van der Waals surface area contributed by atoms with Gasteiger partial charge in [0.05, 0.1) is 0 Å². The van der Waals surface area contributed by atoms with E-state index in [-0.39, 0.29) is 0 Å². The summed E-state index contributed by atoms with van der Waals surface area (Å²) >= 11 is 2.06. The molecule has 0 atom stereocenters. The molecule has 40 valence electrons. The van der Waals surface area contributed by atoms with E-state index in [2.05, 4.69) is 38.4 Å². The average Bonchev–Trinajstić information content (AvgIpc) is 1.94. The van der Waals surface area contributed by atoms with Crippen LogP contribution in [-0.2, 0) is 0 Å². The summed E-state index contributed by atoms with van der Waals surface area (Å²) in [5, 5.41) is 0. The molecule has 0 aromatic rings. The molecule has 0 saturated heterocycles. The maximum absolute atomic E-state index is 3.91. The number of aliphatic imine (C=N–C) groups is 2. The van der Waals surface area contributed by atoms with E-state index in [9.17, 15) is 0 Å². The molecule has 0 spiro atoms. The molecule has 1 aliphatic heterocycles. The number of allylic oxidation sites excluding steroid dienone is 1. The zero-order valence-corrected chi connectivity index (χ0v) is 6.16. The molecule has 8 heavy (non-hydrogen) atoms. The lowest BCUT2D eigenvalue weighted by Crippen LogP contribution is -1.61. The molecule has 0 radical (unpaired) electrons. The van der Waals surface area contributed by atoms with Gasteiger partial charge in [0.1, 0.15) is 0 Å². The molecule has 0 bridgehead atoms. The third-order valence-corrected chi connectivity index (χ3v) is 1.11. The molecule has 0 aromatic heterocycles. The molecule has 1 rings (SSSR count). The van der Waals surface area contributed by atoms with Crippen molar-refractivity contribution >= 4 is 34.7 Å². The molecule has 2 nitrogen and oxygen atoms in total. The largest absolute Gasteiger partial charge is 0.240 e. The highest BCUT2D eigenvalue weighted by Gasteiger charge is 1.79. The van der Waals surface area contributed by atoms with Crippen molar-refractivity contribution in [2.24, 2.45) is 9.98 Å². The van der Waals surface area contributed by atoms with Gasteiger partial charge < -0.3 is 0 Å². The van der Waals surface area contributed by atoms with Crippen LogP contribution in [0.1, 0.15) is 0 Å². The number of rotatable bonds is 0. The topological polar surface area (TPSA) is 24.7 Å². The van der Waals surface area contributed by atoms with Crippen LogP contribution < -0.4 is 0 Å². The van der Waals surface area contributed by atoms with E-state index in [0.717, 1.165) is 3.70 Å². The Balaban J connectivity index is 2.95. The van der Waals surface area contributed by atoms with Crippen molar-refractivity contribution < 1.29 is 0 Å². The highest BCUT2D eigenvalue weighted by molar-refractivity contribution is 14.1. The van der Waals surface area contributed by atoms with Gasteiger partial charge in [-0.1, -0.05) is 0 Å². The van der Waals surface area contributed by atoms with Crippen molar-refractivity contribution in [1.82, 2.24) is 0 Å². The van der Waals surface area contributed by atoms with Crippen molar-refractivity contribution in [3.05, 3.63) is 16.0 Å². The lowest BCUT2D eigenvalue weighted by Gasteiger charge is -1.72. The first kappa shape index (κ1) is 5.72. The van der Waals surface area contributed by atoms with Crippen LogP contribution in [0.25, 0.3) is 0 Å². The van der Waals surface area contributed by atoms with Crippen LogP contribution in [0.2, 0.25) is 0 Å². The summed E-state index contributed by atoms with van der Waals surface area (Å²) in [5.41, 5.74) is 0. The molecule has 0 aromatic carbocycles. The fraction of sp³-hybridized carbons (Fsp3) is 0. The van der Waals surface area contributed by atoms with E-state index in [0.29, 0.717) is 0 Å². The van der Waals surface area contributed by atoms with Crippen LogP contribution in [0, 0.1) is 0 Å². The van der Waals surface area contributed by atoms with E-state index in [1.807, 2.05) is 0 Å². The lowest BCUT2D eigenvalue weighted by molar-refractivity contribution is 1.61. The highest BCUT2D eigenvalue weighted by Crippen LogP contribution is 2.01. The fourth-order valence-electron chi connectivity index (χ4n) is 0.309. The normalized spacial score (nSPS) is 15.9. The second-order valence-electron chi connectivity index (χ2n) is 1.15. The Morgan fingerprint density at radius 2 is 2.50 bits per heavy atom. The SMILES string of the molecule is IC1=C=NC=CC=N1. The van der Waals surface area contributed by atoms with E-state index >= 15 is 0 Å². The third-order valence-electron chi connectivity index (χ3n) is 0.591. The highest BCUT2D eigenvalue weighted by atomic mass is 127. The Morgan fingerprint density at radius 3 is 3.38 bits per heavy atom. The molecule has 0 amide bonds. The number of nitrogens with zero attached hydrogens (tertiary/aromatic N) is 2. The first-order valence-electron chi connectivity index (χ1n) is 2.07. The van der Waals surface area contributed by atoms with E-state index in [4.69, 9.17) is 0 Å². The third kappa shape index (κ3) is 1.60. The molecule has 0 aliphatic carbocycles. The van der Waals surface area contributed by atoms with E-state index in [1.165, 1.54) is 0 Å². The van der Waals surface area contributed by atoms with E-state index < -0.39 is 0 Å². The fourth-order valence-corrected chi connectivity index (χ4v) is 0.609. The smallest absolute Gasteiger partial charge is 0.161 e. The van der Waals surface area contributed by atoms with Gasteiger partial charge in [0.2, 0.25) is 0 Å². The molecule has 1 heterocycles. The van der Waals surface area contributed by atoms with Gasteiger partial charge in [-0.25, -0.2) is 9.98 Å². The number of hydrogen-bond donors (Lipinski definition) is 0. The van der Waals surface area contributed by atoms with Crippen molar-refractivity contribution in [3.63, 3.8) is 0 Å². The summed E-state index contributed by atoms with van der Waals surface area (Å²) in [5.74, 6) is 2.69. The number of hydrogen-bond acceptors (Lipinski definition) is 2. The number of halogens is 1. The van der Waals surface area contributed by atoms with Gasteiger partial charge >= 0.3 is 0 Å². The first-order chi connectivity index (χ1) is 3.89. The second-order valence-corrected chi connectivity index (χ2v) is 2.17. The van der Waals surface area contributed by atoms with Gasteiger partial charge in [0, 0.05) is 18.3 Å². The van der Waals surface area contributed by atoms with Crippen LogP contribution in [0.5, 0.6) is 0 Å². The molecular weight excluding hydrogens is 215 g/mol. The summed E-state index contributed by atoms with van der Waals surface area (Å²) in [7, 11) is 0. The second kappa shape index (κ2) is 2.79. The van der Waals surface area contributed by atoms with Gasteiger partial charge in [-0.15, -0.1) is 0 Å². The van der Waals surface area contributed by atoms with Gasteiger partial charge in [0.25, 0.3) is 0 Å². The molecular formula is C5H3IN2. The molecule has 0 unspecified atom stereocenters. The Kier molecular flexibility index (Phi) is 2.00. The molecule has 0 fully saturated rings. The van der Waals surface area contributed by atoms with E-state index in [1.54, 1.807) is 18.5 Å². The van der Waals surface area contributed by atoms with Gasteiger partial charge in [-0.2, -0.15) is 0 Å². The summed E-state index contributed by atoms with van der Waals surface area (Å²) in [4.78, 5) is 7.66. The Morgan fingerprint density at radius 1 is 1.62 bits per heavy atom. The van der Waals surface area contributed by atoms with Crippen LogP contribution >= 0.6 is 22.6 Å². The van der Waals surface area contributed by atoms with Crippen molar-refractivity contribution in [2.45, 2.75) is 0 Å². The Bertz CT molecular complexity index is 196. The summed E-state index contributed by atoms with van der Waals surface area (Å²) in [6.07, 6.45) is 5.10. The van der Waals surface area contributed by atoms with Crippen molar-refractivity contribution in [3.8, 4) is 0 Å². The van der Waals surface area contributed by atoms with Crippen LogP contribution in [0.3, 0.4) is 0 Å². The van der Waals surface area contributed by atoms with Gasteiger partial charge in [-0.3, -0.25) is 0 Å². The van der Waals surface area contributed by atoms with Crippen LogP contribution in [0.4, 0.5) is 0 Å². The predicted molar refractivity (Wildman–Crippen MR) is 42.6 cm³/mol. The zero-order valence-electron chi connectivity index (χ0n) is 4.00. The van der Waals surface area contributed by atoms with Crippen molar-refractivity contribution in [2.75, 3.05) is 0 Å². The quantitative estimate of drug-likeness (QED) is 0.435. The molecule has 0 saturated carbocycles. The lowest BCUT2D eigenvalue weighted by atomic mass is 10.7. The first-order valence-corrected chi connectivity index (χ1v) is 3.15. The maximum atomic E-state index is 3.91. The molecule has 0 N–H and O–H groups in total. The molecule has 3 heteroatoms. The standard InChI is InChI=1S/C5H3IN2/c6-5-4-7-2-1-3-8-5/h1-3H. The maximum Gasteiger partial charge on any atom is 0.161 e. The summed E-state index contributed by atoms with van der Waals surface area (Å²) < 4.78 is 0.785.